The molecular formula is C85H166O17P2. The van der Waals surface area contributed by atoms with Gasteiger partial charge in [-0.2, -0.15) is 0 Å². The maximum absolute atomic E-state index is 13.1. The van der Waals surface area contributed by atoms with E-state index < -0.39 is 97.5 Å². The lowest BCUT2D eigenvalue weighted by Crippen LogP contribution is -2.30. The quantitative estimate of drug-likeness (QED) is 0.0222. The first kappa shape index (κ1) is 102. The van der Waals surface area contributed by atoms with Gasteiger partial charge in [-0.05, 0) is 49.4 Å². The van der Waals surface area contributed by atoms with E-state index in [2.05, 4.69) is 55.4 Å². The SMILES string of the molecule is CCC(C)CCCCCCCCC(=O)OC[C@H](COP(=O)(O)OC[C@H](O)COP(=O)(O)OC[C@@H](COC(=O)CCCCCCCCCCCCCCC(C)C)OC(=O)CCCCCCCCCCCCCCCCCC(C)C)OC(=O)CCCCCCCCCCCCCCCCCCCCC(C)C. The van der Waals surface area contributed by atoms with E-state index in [9.17, 15) is 43.2 Å². The van der Waals surface area contributed by atoms with Crippen LogP contribution >= 0.6 is 15.6 Å². The van der Waals surface area contributed by atoms with E-state index in [1.54, 1.807) is 0 Å². The largest absolute Gasteiger partial charge is 0.472 e. The number of ether oxygens (including phenoxy) is 4. The Bertz CT molecular complexity index is 2030. The summed E-state index contributed by atoms with van der Waals surface area (Å²) in [6.45, 7) is 14.3. The minimum atomic E-state index is -4.96. The van der Waals surface area contributed by atoms with E-state index in [4.69, 9.17) is 37.0 Å². The van der Waals surface area contributed by atoms with E-state index >= 15 is 0 Å². The van der Waals surface area contributed by atoms with Gasteiger partial charge in [0.25, 0.3) is 0 Å². The Morgan fingerprint density at radius 2 is 0.462 bits per heavy atom. The Hall–Kier alpha value is -1.94. The summed E-state index contributed by atoms with van der Waals surface area (Å²) in [6, 6.07) is 0. The Labute approximate surface area is 638 Å². The normalized spacial score (nSPS) is 14.2. The minimum Gasteiger partial charge on any atom is -0.462 e. The summed E-state index contributed by atoms with van der Waals surface area (Å²) in [5.74, 6) is 1.03. The van der Waals surface area contributed by atoms with E-state index in [0.29, 0.717) is 25.7 Å². The van der Waals surface area contributed by atoms with Crippen LogP contribution in [0, 0.1) is 23.7 Å². The van der Waals surface area contributed by atoms with Crippen molar-refractivity contribution in [3.63, 3.8) is 0 Å². The zero-order chi connectivity index (χ0) is 76.7. The average Bonchev–Trinajstić information content (AvgIpc) is 0.922. The fraction of sp³-hybridized carbons (Fsp3) is 0.953. The molecule has 0 aliphatic heterocycles. The van der Waals surface area contributed by atoms with Crippen molar-refractivity contribution in [2.24, 2.45) is 23.7 Å². The minimum absolute atomic E-state index is 0.107. The number of hydrogen-bond acceptors (Lipinski definition) is 15. The first-order valence-electron chi connectivity index (χ1n) is 43.7. The molecular weight excluding hydrogens is 1350 g/mol. The van der Waals surface area contributed by atoms with Gasteiger partial charge in [0.2, 0.25) is 0 Å². The monoisotopic (exact) mass is 1520 g/mol. The zero-order valence-corrected chi connectivity index (χ0v) is 70.5. The lowest BCUT2D eigenvalue weighted by molar-refractivity contribution is -0.161. The average molecular weight is 1520 g/mol. The van der Waals surface area contributed by atoms with Crippen molar-refractivity contribution in [3.05, 3.63) is 0 Å². The summed E-state index contributed by atoms with van der Waals surface area (Å²) in [4.78, 5) is 73.2. The Kier molecular flexibility index (Phi) is 72.5. The Morgan fingerprint density at radius 1 is 0.269 bits per heavy atom. The third kappa shape index (κ3) is 76.8. The van der Waals surface area contributed by atoms with Gasteiger partial charge in [0.05, 0.1) is 26.4 Å². The second-order valence-electron chi connectivity index (χ2n) is 32.2. The number of aliphatic hydroxyl groups excluding tert-OH is 1. The van der Waals surface area contributed by atoms with Gasteiger partial charge in [0.1, 0.15) is 19.3 Å². The molecule has 3 unspecified atom stereocenters. The molecule has 17 nitrogen and oxygen atoms in total. The molecule has 0 aromatic heterocycles. The van der Waals surface area contributed by atoms with Gasteiger partial charge in [-0.25, -0.2) is 9.13 Å². The van der Waals surface area contributed by atoms with Gasteiger partial charge in [-0.1, -0.05) is 389 Å². The standard InChI is InChI=1S/C85H166O17P2/c1-9-78(8)64-56-48-43-44-50-58-66-83(88)96-72-81(102-85(90)68-59-51-41-35-29-21-17-13-11-10-12-15-19-25-31-37-45-53-61-75(2)3)74-100-104(93,94)98-70-79(86)69-97-103(91,92)99-73-80(71-95-82(87)65-57-49-40-34-28-24-23-27-33-39-47-55-63-77(6)7)101-84(89)67-60-52-42-36-30-22-18-14-16-20-26-32-38-46-54-62-76(4)5/h75-81,86H,9-74H2,1-8H3,(H,91,92)(H,93,94)/t78?,79-,80-,81-/m1/s1. The number of unbranched alkanes of at least 4 members (excludes halogenated alkanes) is 47. The molecule has 19 heteroatoms. The van der Waals surface area contributed by atoms with Crippen molar-refractivity contribution < 1.29 is 80.2 Å². The summed E-state index contributed by atoms with van der Waals surface area (Å²) < 4.78 is 68.8. The molecule has 3 N–H and O–H groups in total. The Morgan fingerprint density at radius 3 is 0.683 bits per heavy atom. The highest BCUT2D eigenvalue weighted by molar-refractivity contribution is 7.47. The summed E-state index contributed by atoms with van der Waals surface area (Å²) in [6.07, 6.45) is 62.5. The van der Waals surface area contributed by atoms with Gasteiger partial charge in [-0.15, -0.1) is 0 Å². The van der Waals surface area contributed by atoms with Crippen LogP contribution in [-0.4, -0.2) is 96.7 Å². The third-order valence-corrected chi connectivity index (χ3v) is 22.1. The first-order chi connectivity index (χ1) is 50.1. The number of carbonyl (C=O) groups excluding carboxylic acids is 4. The van der Waals surface area contributed by atoms with Crippen molar-refractivity contribution in [2.45, 2.75) is 459 Å². The summed E-state index contributed by atoms with van der Waals surface area (Å²) in [5, 5.41) is 10.7. The summed E-state index contributed by atoms with van der Waals surface area (Å²) in [7, 11) is -9.93. The van der Waals surface area contributed by atoms with Gasteiger partial charge >= 0.3 is 39.5 Å². The van der Waals surface area contributed by atoms with Crippen LogP contribution in [0.3, 0.4) is 0 Å². The molecule has 0 aromatic carbocycles. The molecule has 0 aliphatic carbocycles. The maximum atomic E-state index is 13.1. The molecule has 0 heterocycles. The van der Waals surface area contributed by atoms with Crippen LogP contribution < -0.4 is 0 Å². The molecule has 0 aromatic rings. The number of phosphoric acid groups is 2. The fourth-order valence-electron chi connectivity index (χ4n) is 13.1. The number of carbonyl (C=O) groups is 4. The van der Waals surface area contributed by atoms with Crippen molar-refractivity contribution in [3.8, 4) is 0 Å². The molecule has 0 bridgehead atoms. The topological polar surface area (TPSA) is 237 Å². The number of aliphatic hydroxyl groups is 1. The number of hydrogen-bond donors (Lipinski definition) is 3. The fourth-order valence-corrected chi connectivity index (χ4v) is 14.7. The summed E-state index contributed by atoms with van der Waals surface area (Å²) >= 11 is 0. The highest BCUT2D eigenvalue weighted by atomic mass is 31.2. The van der Waals surface area contributed by atoms with E-state index in [-0.39, 0.29) is 25.7 Å². The predicted octanol–water partition coefficient (Wildman–Crippen LogP) is 25.6. The van der Waals surface area contributed by atoms with Crippen LogP contribution in [0.1, 0.15) is 441 Å². The van der Waals surface area contributed by atoms with E-state index in [1.807, 2.05) is 0 Å². The van der Waals surface area contributed by atoms with Crippen LogP contribution in [0.15, 0.2) is 0 Å². The zero-order valence-electron chi connectivity index (χ0n) is 68.7. The summed E-state index contributed by atoms with van der Waals surface area (Å²) in [5.41, 5.74) is 0. The smallest absolute Gasteiger partial charge is 0.462 e. The van der Waals surface area contributed by atoms with Crippen LogP contribution in [-0.2, 0) is 65.4 Å². The Balaban J connectivity index is 5.22. The third-order valence-electron chi connectivity index (χ3n) is 20.2. The molecule has 0 aliphatic rings. The highest BCUT2D eigenvalue weighted by Gasteiger charge is 2.30. The van der Waals surface area contributed by atoms with Gasteiger partial charge in [0, 0.05) is 25.7 Å². The lowest BCUT2D eigenvalue weighted by Gasteiger charge is -2.21. The maximum Gasteiger partial charge on any atom is 0.472 e. The first-order valence-corrected chi connectivity index (χ1v) is 46.7. The molecule has 0 spiro atoms. The van der Waals surface area contributed by atoms with Gasteiger partial charge in [0.15, 0.2) is 12.2 Å². The van der Waals surface area contributed by atoms with Crippen LogP contribution in [0.25, 0.3) is 0 Å². The van der Waals surface area contributed by atoms with Crippen molar-refractivity contribution in [1.82, 2.24) is 0 Å². The molecule has 0 amide bonds. The second kappa shape index (κ2) is 73.8. The molecule has 104 heavy (non-hydrogen) atoms. The van der Waals surface area contributed by atoms with Crippen LogP contribution in [0.4, 0.5) is 0 Å². The van der Waals surface area contributed by atoms with Crippen LogP contribution in [0.5, 0.6) is 0 Å². The highest BCUT2D eigenvalue weighted by Crippen LogP contribution is 2.45. The van der Waals surface area contributed by atoms with Gasteiger partial charge < -0.3 is 33.8 Å². The molecule has 0 radical (unpaired) electrons. The molecule has 0 fully saturated rings. The van der Waals surface area contributed by atoms with Gasteiger partial charge in [-0.3, -0.25) is 37.3 Å². The van der Waals surface area contributed by atoms with E-state index in [0.717, 1.165) is 120 Å². The molecule has 6 atom stereocenters. The molecule has 618 valence electrons. The molecule has 0 saturated heterocycles. The lowest BCUT2D eigenvalue weighted by atomic mass is 10.00. The number of rotatable bonds is 82. The number of esters is 4. The predicted molar refractivity (Wildman–Crippen MR) is 428 cm³/mol. The van der Waals surface area contributed by atoms with Crippen molar-refractivity contribution in [1.29, 1.82) is 0 Å². The van der Waals surface area contributed by atoms with Crippen molar-refractivity contribution in [2.75, 3.05) is 39.6 Å². The molecule has 0 rings (SSSR count). The molecule has 0 saturated carbocycles. The number of phosphoric ester groups is 2. The van der Waals surface area contributed by atoms with Crippen LogP contribution in [0.2, 0.25) is 0 Å². The van der Waals surface area contributed by atoms with E-state index in [1.165, 1.54) is 238 Å². The second-order valence-corrected chi connectivity index (χ2v) is 35.2. The van der Waals surface area contributed by atoms with Crippen molar-refractivity contribution >= 4 is 39.5 Å².